The van der Waals surface area contributed by atoms with Gasteiger partial charge in [0.2, 0.25) is 0 Å². The van der Waals surface area contributed by atoms with Crippen molar-refractivity contribution in [3.05, 3.63) is 35.4 Å². The molecule has 0 heterocycles. The van der Waals surface area contributed by atoms with Crippen LogP contribution < -0.4 is 5.32 Å². The molecule has 1 aromatic rings. The van der Waals surface area contributed by atoms with Crippen molar-refractivity contribution in [1.29, 1.82) is 0 Å². The van der Waals surface area contributed by atoms with E-state index in [4.69, 9.17) is 0 Å². The van der Waals surface area contributed by atoms with Crippen molar-refractivity contribution in [2.45, 2.75) is 25.0 Å². The van der Waals surface area contributed by atoms with Crippen LogP contribution in [0.15, 0.2) is 18.2 Å². The Morgan fingerprint density at radius 1 is 1.26 bits per heavy atom. The van der Waals surface area contributed by atoms with Crippen molar-refractivity contribution >= 4 is 0 Å². The topological polar surface area (TPSA) is 72.7 Å². The first kappa shape index (κ1) is 16.0. The fourth-order valence-corrected chi connectivity index (χ4v) is 1.71. The maximum atomic E-state index is 13.4. The van der Waals surface area contributed by atoms with Gasteiger partial charge in [-0.2, -0.15) is 0 Å². The van der Waals surface area contributed by atoms with Crippen LogP contribution in [0.5, 0.6) is 0 Å². The molecule has 0 spiro atoms. The van der Waals surface area contributed by atoms with E-state index in [2.05, 4.69) is 5.32 Å². The molecule has 0 saturated carbocycles. The summed E-state index contributed by atoms with van der Waals surface area (Å²) in [5.41, 5.74) is -0.952. The quantitative estimate of drug-likeness (QED) is 0.592. The predicted molar refractivity (Wildman–Crippen MR) is 66.5 cm³/mol. The minimum absolute atomic E-state index is 0.0326. The summed E-state index contributed by atoms with van der Waals surface area (Å²) in [6.45, 7) is 1.10. The molecule has 0 fully saturated rings. The van der Waals surface area contributed by atoms with Gasteiger partial charge < -0.3 is 20.6 Å². The average Bonchev–Trinajstić information content (AvgIpc) is 2.40. The van der Waals surface area contributed by atoms with E-state index in [1.807, 2.05) is 0 Å². The summed E-state index contributed by atoms with van der Waals surface area (Å²) in [5, 5.41) is 31.1. The third kappa shape index (κ3) is 3.94. The third-order valence-electron chi connectivity index (χ3n) is 3.27. The SMILES string of the molecule is CCC(CO)(CO)NCC(O)c1ccc(F)cc1F. The molecule has 4 N–H and O–H groups in total. The van der Waals surface area contributed by atoms with E-state index in [9.17, 15) is 24.1 Å². The third-order valence-corrected chi connectivity index (χ3v) is 3.27. The summed E-state index contributed by atoms with van der Waals surface area (Å²) < 4.78 is 26.2. The number of hydrogen-bond acceptors (Lipinski definition) is 4. The summed E-state index contributed by atoms with van der Waals surface area (Å²) in [6, 6.07) is 2.93. The van der Waals surface area contributed by atoms with Crippen molar-refractivity contribution in [2.75, 3.05) is 19.8 Å². The van der Waals surface area contributed by atoms with Crippen molar-refractivity contribution in [3.8, 4) is 0 Å². The maximum Gasteiger partial charge on any atom is 0.131 e. The van der Waals surface area contributed by atoms with Crippen molar-refractivity contribution in [1.82, 2.24) is 5.32 Å². The maximum absolute atomic E-state index is 13.4. The van der Waals surface area contributed by atoms with E-state index in [0.29, 0.717) is 12.5 Å². The van der Waals surface area contributed by atoms with Crippen molar-refractivity contribution < 1.29 is 24.1 Å². The van der Waals surface area contributed by atoms with Crippen LogP contribution in [0.4, 0.5) is 8.78 Å². The van der Waals surface area contributed by atoms with Gasteiger partial charge in [0.25, 0.3) is 0 Å². The zero-order chi connectivity index (χ0) is 14.5. The lowest BCUT2D eigenvalue weighted by Crippen LogP contribution is -2.52. The van der Waals surface area contributed by atoms with Gasteiger partial charge in [-0.15, -0.1) is 0 Å². The first-order valence-electron chi connectivity index (χ1n) is 6.07. The molecular formula is C13H19F2NO3. The average molecular weight is 275 g/mol. The highest BCUT2D eigenvalue weighted by Gasteiger charge is 2.27. The highest BCUT2D eigenvalue weighted by atomic mass is 19.1. The van der Waals surface area contributed by atoms with Crippen LogP contribution >= 0.6 is 0 Å². The molecule has 1 atom stereocenters. The zero-order valence-corrected chi connectivity index (χ0v) is 10.7. The van der Waals surface area contributed by atoms with Crippen LogP contribution in [0, 0.1) is 11.6 Å². The smallest absolute Gasteiger partial charge is 0.131 e. The van der Waals surface area contributed by atoms with Crippen LogP contribution in [0.3, 0.4) is 0 Å². The fraction of sp³-hybridized carbons (Fsp3) is 0.538. The predicted octanol–water partition coefficient (Wildman–Crippen LogP) is 0.721. The number of halogens is 2. The second-order valence-electron chi connectivity index (χ2n) is 4.51. The Labute approximate surface area is 110 Å². The van der Waals surface area contributed by atoms with Gasteiger partial charge in [0.1, 0.15) is 11.6 Å². The minimum Gasteiger partial charge on any atom is -0.394 e. The summed E-state index contributed by atoms with van der Waals surface area (Å²) in [5.74, 6) is -1.54. The Kier molecular flexibility index (Phi) is 5.81. The van der Waals surface area contributed by atoms with Crippen LogP contribution in [0.2, 0.25) is 0 Å². The van der Waals surface area contributed by atoms with E-state index in [1.54, 1.807) is 6.92 Å². The Morgan fingerprint density at radius 3 is 2.37 bits per heavy atom. The monoisotopic (exact) mass is 275 g/mol. The lowest BCUT2D eigenvalue weighted by atomic mass is 9.97. The normalized spacial score (nSPS) is 13.6. The molecule has 0 aliphatic carbocycles. The standard InChI is InChI=1S/C13H19F2NO3/c1-2-13(7-17,8-18)16-6-12(19)10-4-3-9(14)5-11(10)15/h3-5,12,16-19H,2,6-8H2,1H3. The van der Waals surface area contributed by atoms with Gasteiger partial charge >= 0.3 is 0 Å². The summed E-state index contributed by atoms with van der Waals surface area (Å²) in [7, 11) is 0. The highest BCUT2D eigenvalue weighted by Crippen LogP contribution is 2.19. The van der Waals surface area contributed by atoms with Gasteiger partial charge in [-0.1, -0.05) is 13.0 Å². The van der Waals surface area contributed by atoms with E-state index in [0.717, 1.165) is 6.07 Å². The molecule has 108 valence electrons. The second kappa shape index (κ2) is 6.91. The Bertz CT molecular complexity index is 403. The number of nitrogens with one attached hydrogen (secondary N) is 1. The van der Waals surface area contributed by atoms with Gasteiger partial charge in [0.15, 0.2) is 0 Å². The van der Waals surface area contributed by atoms with E-state index >= 15 is 0 Å². The molecule has 19 heavy (non-hydrogen) atoms. The molecular weight excluding hydrogens is 256 g/mol. The number of aliphatic hydroxyl groups is 3. The Balaban J connectivity index is 2.72. The Hall–Kier alpha value is -1.08. The van der Waals surface area contributed by atoms with Gasteiger partial charge in [-0.05, 0) is 12.5 Å². The number of benzene rings is 1. The summed E-state index contributed by atoms with van der Waals surface area (Å²) in [4.78, 5) is 0. The van der Waals surface area contributed by atoms with Crippen LogP contribution in [-0.4, -0.2) is 40.6 Å². The lowest BCUT2D eigenvalue weighted by Gasteiger charge is -2.31. The second-order valence-corrected chi connectivity index (χ2v) is 4.51. The number of rotatable bonds is 7. The van der Waals surface area contributed by atoms with Gasteiger partial charge in [-0.3, -0.25) is 0 Å². The first-order chi connectivity index (χ1) is 8.98. The summed E-state index contributed by atoms with van der Waals surface area (Å²) in [6.07, 6.45) is -0.747. The van der Waals surface area contributed by atoms with Gasteiger partial charge in [0.05, 0.1) is 24.9 Å². The molecule has 0 aromatic heterocycles. The molecule has 1 unspecified atom stereocenters. The molecule has 4 nitrogen and oxygen atoms in total. The van der Waals surface area contributed by atoms with Gasteiger partial charge in [0, 0.05) is 18.2 Å². The molecule has 0 amide bonds. The van der Waals surface area contributed by atoms with E-state index in [1.165, 1.54) is 6.07 Å². The molecule has 0 radical (unpaired) electrons. The molecule has 1 rings (SSSR count). The zero-order valence-electron chi connectivity index (χ0n) is 10.7. The first-order valence-corrected chi connectivity index (χ1v) is 6.07. The molecule has 0 aliphatic rings. The van der Waals surface area contributed by atoms with E-state index < -0.39 is 23.3 Å². The molecule has 0 bridgehead atoms. The molecule has 0 aliphatic heterocycles. The largest absolute Gasteiger partial charge is 0.394 e. The van der Waals surface area contributed by atoms with Crippen LogP contribution in [0.1, 0.15) is 25.0 Å². The van der Waals surface area contributed by atoms with Crippen LogP contribution in [-0.2, 0) is 0 Å². The highest BCUT2D eigenvalue weighted by molar-refractivity contribution is 5.21. The molecule has 1 aromatic carbocycles. The minimum atomic E-state index is -1.19. The van der Waals surface area contributed by atoms with Crippen molar-refractivity contribution in [3.63, 3.8) is 0 Å². The fourth-order valence-electron chi connectivity index (χ4n) is 1.71. The number of β-amino-alcohol motifs (C(OH)–C–C–N with tert-alkyl or cyclic N) is 1. The molecule has 6 heteroatoms. The van der Waals surface area contributed by atoms with Crippen molar-refractivity contribution in [2.24, 2.45) is 0 Å². The number of hydrogen-bond donors (Lipinski definition) is 4. The number of aliphatic hydroxyl groups excluding tert-OH is 3. The Morgan fingerprint density at radius 2 is 1.89 bits per heavy atom. The molecule has 0 saturated heterocycles. The van der Waals surface area contributed by atoms with Gasteiger partial charge in [-0.25, -0.2) is 8.78 Å². The summed E-state index contributed by atoms with van der Waals surface area (Å²) >= 11 is 0. The van der Waals surface area contributed by atoms with Crippen LogP contribution in [0.25, 0.3) is 0 Å². The van der Waals surface area contributed by atoms with E-state index in [-0.39, 0.29) is 25.3 Å². The lowest BCUT2D eigenvalue weighted by molar-refractivity contribution is 0.0700.